The summed E-state index contributed by atoms with van der Waals surface area (Å²) < 4.78 is 0. The first kappa shape index (κ1) is 16.1. The predicted octanol–water partition coefficient (Wildman–Crippen LogP) is 3.05. The summed E-state index contributed by atoms with van der Waals surface area (Å²) in [6, 6.07) is 8.02. The molecule has 0 aromatic heterocycles. The molecule has 0 aliphatic heterocycles. The van der Waals surface area contributed by atoms with Crippen molar-refractivity contribution < 1.29 is 4.79 Å². The molecular formula is C15H24N2OS. The van der Waals surface area contributed by atoms with Gasteiger partial charge in [0.05, 0.1) is 5.25 Å². The first-order chi connectivity index (χ1) is 9.17. The van der Waals surface area contributed by atoms with Crippen molar-refractivity contribution in [2.24, 2.45) is 5.73 Å². The van der Waals surface area contributed by atoms with Crippen molar-refractivity contribution in [1.29, 1.82) is 0 Å². The van der Waals surface area contributed by atoms with Crippen LogP contribution in [0.25, 0.3) is 0 Å². The molecule has 0 bridgehead atoms. The van der Waals surface area contributed by atoms with Crippen LogP contribution < -0.4 is 11.1 Å². The number of hydrogen-bond donors (Lipinski definition) is 2. The third-order valence-electron chi connectivity index (χ3n) is 2.97. The Kier molecular flexibility index (Phi) is 7.60. The molecule has 1 aromatic rings. The number of hydrogen-bond acceptors (Lipinski definition) is 3. The topological polar surface area (TPSA) is 55.1 Å². The lowest BCUT2D eigenvalue weighted by Gasteiger charge is -2.12. The Labute approximate surface area is 120 Å². The maximum atomic E-state index is 12.0. The standard InChI is InChI=1S/C15H24N2OS/c1-3-13-6-8-14(9-7-13)17-15(18)12(2)19-11-5-4-10-16/h6-9,12H,3-5,10-11,16H2,1-2H3,(H,17,18). The molecule has 1 unspecified atom stereocenters. The second-order valence-electron chi connectivity index (χ2n) is 4.55. The van der Waals surface area contributed by atoms with Gasteiger partial charge in [0.2, 0.25) is 5.91 Å². The van der Waals surface area contributed by atoms with Crippen LogP contribution in [0.3, 0.4) is 0 Å². The molecule has 0 spiro atoms. The van der Waals surface area contributed by atoms with Gasteiger partial charge in [-0.1, -0.05) is 19.1 Å². The smallest absolute Gasteiger partial charge is 0.237 e. The Bertz CT molecular complexity index is 378. The van der Waals surface area contributed by atoms with Crippen LogP contribution >= 0.6 is 11.8 Å². The number of carbonyl (C=O) groups is 1. The number of benzene rings is 1. The molecule has 1 rings (SSSR count). The van der Waals surface area contributed by atoms with Crippen molar-refractivity contribution in [1.82, 2.24) is 0 Å². The van der Waals surface area contributed by atoms with Crippen LogP contribution in [0.15, 0.2) is 24.3 Å². The van der Waals surface area contributed by atoms with Gasteiger partial charge in [0.15, 0.2) is 0 Å². The molecule has 0 radical (unpaired) electrons. The van der Waals surface area contributed by atoms with Crippen LogP contribution in [0.1, 0.15) is 32.3 Å². The van der Waals surface area contributed by atoms with Crippen molar-refractivity contribution in [2.75, 3.05) is 17.6 Å². The third-order valence-corrected chi connectivity index (χ3v) is 4.20. The number of carbonyl (C=O) groups excluding carboxylic acids is 1. The van der Waals surface area contributed by atoms with Crippen LogP contribution in [0, 0.1) is 0 Å². The third kappa shape index (κ3) is 6.12. The van der Waals surface area contributed by atoms with Gasteiger partial charge in [0.25, 0.3) is 0 Å². The molecule has 4 heteroatoms. The highest BCUT2D eigenvalue weighted by molar-refractivity contribution is 8.00. The average Bonchev–Trinajstić information content (AvgIpc) is 2.44. The summed E-state index contributed by atoms with van der Waals surface area (Å²) in [5, 5.41) is 2.93. The van der Waals surface area contributed by atoms with Gasteiger partial charge in [-0.3, -0.25) is 4.79 Å². The zero-order valence-corrected chi connectivity index (χ0v) is 12.6. The molecule has 0 saturated carbocycles. The number of nitrogens with two attached hydrogens (primary N) is 1. The molecular weight excluding hydrogens is 256 g/mol. The van der Waals surface area contributed by atoms with Crippen LogP contribution in [0.5, 0.6) is 0 Å². The Morgan fingerprint density at radius 1 is 1.32 bits per heavy atom. The first-order valence-electron chi connectivity index (χ1n) is 6.88. The minimum atomic E-state index is -0.0244. The van der Waals surface area contributed by atoms with E-state index in [1.165, 1.54) is 5.56 Å². The second kappa shape index (κ2) is 8.99. The summed E-state index contributed by atoms with van der Waals surface area (Å²) >= 11 is 1.68. The average molecular weight is 280 g/mol. The first-order valence-corrected chi connectivity index (χ1v) is 7.93. The summed E-state index contributed by atoms with van der Waals surface area (Å²) in [6.07, 6.45) is 3.12. The van der Waals surface area contributed by atoms with Gasteiger partial charge < -0.3 is 11.1 Å². The highest BCUT2D eigenvalue weighted by Gasteiger charge is 2.12. The van der Waals surface area contributed by atoms with Gasteiger partial charge in [-0.25, -0.2) is 0 Å². The molecule has 3 nitrogen and oxygen atoms in total. The Balaban J connectivity index is 2.36. The number of rotatable bonds is 8. The normalized spacial score (nSPS) is 12.2. The number of amides is 1. The minimum Gasteiger partial charge on any atom is -0.330 e. The second-order valence-corrected chi connectivity index (χ2v) is 6.00. The van der Waals surface area contributed by atoms with E-state index in [4.69, 9.17) is 5.73 Å². The largest absolute Gasteiger partial charge is 0.330 e. The SMILES string of the molecule is CCc1ccc(NC(=O)C(C)SCCCCN)cc1. The van der Waals surface area contributed by atoms with E-state index < -0.39 is 0 Å². The molecule has 1 aromatic carbocycles. The van der Waals surface area contributed by atoms with E-state index in [-0.39, 0.29) is 11.2 Å². The lowest BCUT2D eigenvalue weighted by molar-refractivity contribution is -0.115. The summed E-state index contributed by atoms with van der Waals surface area (Å²) in [6.45, 7) is 4.79. The quantitative estimate of drug-likeness (QED) is 0.720. The van der Waals surface area contributed by atoms with E-state index in [0.29, 0.717) is 0 Å². The van der Waals surface area contributed by atoms with E-state index in [2.05, 4.69) is 24.4 Å². The number of unbranched alkanes of at least 4 members (excludes halogenated alkanes) is 1. The Morgan fingerprint density at radius 3 is 2.58 bits per heavy atom. The Hall–Kier alpha value is -1.00. The van der Waals surface area contributed by atoms with Gasteiger partial charge in [-0.15, -0.1) is 11.8 Å². The van der Waals surface area contributed by atoms with E-state index >= 15 is 0 Å². The van der Waals surface area contributed by atoms with Crippen LogP contribution in [0.2, 0.25) is 0 Å². The molecule has 106 valence electrons. The maximum Gasteiger partial charge on any atom is 0.237 e. The fourth-order valence-corrected chi connectivity index (χ4v) is 2.58. The molecule has 0 heterocycles. The molecule has 1 atom stereocenters. The van der Waals surface area contributed by atoms with E-state index in [1.807, 2.05) is 19.1 Å². The monoisotopic (exact) mass is 280 g/mol. The highest BCUT2D eigenvalue weighted by atomic mass is 32.2. The van der Waals surface area contributed by atoms with Gasteiger partial charge in [-0.2, -0.15) is 0 Å². The van der Waals surface area contributed by atoms with Crippen molar-refractivity contribution in [3.8, 4) is 0 Å². The van der Waals surface area contributed by atoms with E-state index in [0.717, 1.165) is 37.2 Å². The summed E-state index contributed by atoms with van der Waals surface area (Å²) in [4.78, 5) is 12.0. The lowest BCUT2D eigenvalue weighted by Crippen LogP contribution is -2.22. The van der Waals surface area contributed by atoms with Gasteiger partial charge >= 0.3 is 0 Å². The number of thioether (sulfide) groups is 1. The van der Waals surface area contributed by atoms with Crippen molar-refractivity contribution >= 4 is 23.4 Å². The van der Waals surface area contributed by atoms with Crippen LogP contribution in [-0.2, 0) is 11.2 Å². The Morgan fingerprint density at radius 2 is 2.00 bits per heavy atom. The maximum absolute atomic E-state index is 12.0. The highest BCUT2D eigenvalue weighted by Crippen LogP contribution is 2.16. The summed E-state index contributed by atoms with van der Waals surface area (Å²) in [7, 11) is 0. The van der Waals surface area contributed by atoms with E-state index in [9.17, 15) is 4.79 Å². The molecule has 0 aliphatic carbocycles. The van der Waals surface area contributed by atoms with Crippen molar-refractivity contribution in [2.45, 2.75) is 38.4 Å². The van der Waals surface area contributed by atoms with Crippen LogP contribution in [0.4, 0.5) is 5.69 Å². The van der Waals surface area contributed by atoms with Crippen molar-refractivity contribution in [3.63, 3.8) is 0 Å². The molecule has 19 heavy (non-hydrogen) atoms. The molecule has 1 amide bonds. The van der Waals surface area contributed by atoms with Gasteiger partial charge in [-0.05, 0) is 56.2 Å². The van der Waals surface area contributed by atoms with Gasteiger partial charge in [0.1, 0.15) is 0 Å². The zero-order valence-electron chi connectivity index (χ0n) is 11.8. The number of aryl methyl sites for hydroxylation is 1. The molecule has 0 aliphatic rings. The van der Waals surface area contributed by atoms with Gasteiger partial charge in [0, 0.05) is 5.69 Å². The lowest BCUT2D eigenvalue weighted by atomic mass is 10.1. The summed E-state index contributed by atoms with van der Waals surface area (Å²) in [5.74, 6) is 1.06. The van der Waals surface area contributed by atoms with Crippen LogP contribution in [-0.4, -0.2) is 23.5 Å². The predicted molar refractivity (Wildman–Crippen MR) is 84.7 cm³/mol. The zero-order chi connectivity index (χ0) is 14.1. The fourth-order valence-electron chi connectivity index (χ4n) is 1.65. The minimum absolute atomic E-state index is 0.0244. The number of anilines is 1. The fraction of sp³-hybridized carbons (Fsp3) is 0.533. The summed E-state index contributed by atoms with van der Waals surface area (Å²) in [5.41, 5.74) is 7.59. The number of nitrogens with one attached hydrogen (secondary N) is 1. The molecule has 0 saturated heterocycles. The van der Waals surface area contributed by atoms with E-state index in [1.54, 1.807) is 11.8 Å². The van der Waals surface area contributed by atoms with Crippen molar-refractivity contribution in [3.05, 3.63) is 29.8 Å². The molecule has 3 N–H and O–H groups in total. The molecule has 0 fully saturated rings.